The molecule has 0 aliphatic rings. The summed E-state index contributed by atoms with van der Waals surface area (Å²) in [5.74, 6) is -1.49. The fourth-order valence-corrected chi connectivity index (χ4v) is 4.69. The third-order valence-electron chi connectivity index (χ3n) is 6.66. The smallest absolute Gasteiger partial charge is 0.311 e. The van der Waals surface area contributed by atoms with Crippen molar-refractivity contribution in [2.45, 2.75) is 6.54 Å². The summed E-state index contributed by atoms with van der Waals surface area (Å²) in [7, 11) is 3.85. The van der Waals surface area contributed by atoms with Gasteiger partial charge in [-0.25, -0.2) is 0 Å². The van der Waals surface area contributed by atoms with Crippen molar-refractivity contribution in [3.8, 4) is 5.88 Å². The minimum absolute atomic E-state index is 0.103. The molecule has 0 aliphatic heterocycles. The number of anilines is 1. The Morgan fingerprint density at radius 3 is 2.29 bits per heavy atom. The van der Waals surface area contributed by atoms with E-state index < -0.39 is 11.8 Å². The van der Waals surface area contributed by atoms with Crippen LogP contribution in [0, 0.1) is 0 Å². The van der Waals surface area contributed by atoms with Crippen LogP contribution in [0.25, 0.3) is 17.0 Å². The van der Waals surface area contributed by atoms with Crippen LogP contribution in [0.15, 0.2) is 119 Å². The molecule has 0 aliphatic carbocycles. The van der Waals surface area contributed by atoms with Gasteiger partial charge in [0.2, 0.25) is 5.88 Å². The highest BCUT2D eigenvalue weighted by Gasteiger charge is 2.19. The molecule has 42 heavy (non-hydrogen) atoms. The molecule has 0 unspecified atom stereocenters. The maximum absolute atomic E-state index is 13.4. The molecule has 0 fully saturated rings. The van der Waals surface area contributed by atoms with E-state index in [1.165, 1.54) is 6.08 Å². The van der Waals surface area contributed by atoms with Crippen molar-refractivity contribution < 1.29 is 14.7 Å². The van der Waals surface area contributed by atoms with Gasteiger partial charge in [-0.15, -0.1) is 10.2 Å². The molecule has 0 saturated carbocycles. The number of azo groups is 1. The molecule has 210 valence electrons. The molecule has 0 spiro atoms. The van der Waals surface area contributed by atoms with E-state index in [4.69, 9.17) is 11.6 Å². The number of nitrogens with zero attached hydrogens (tertiary/aromatic N) is 4. The number of para-hydroxylation sites is 1. The molecule has 4 aromatic carbocycles. The van der Waals surface area contributed by atoms with Gasteiger partial charge in [0, 0.05) is 25.2 Å². The van der Waals surface area contributed by atoms with Crippen LogP contribution < -0.4 is 10.2 Å². The average Bonchev–Trinajstić information content (AvgIpc) is 3.26. The summed E-state index contributed by atoms with van der Waals surface area (Å²) in [6, 6.07) is 31.0. The highest BCUT2D eigenvalue weighted by molar-refractivity contribution is 6.34. The number of halogens is 1. The SMILES string of the molecule is CN(C)c1ccc(/C=C(/NC(=O)c2ccccc2Cl)C(=O)N=Nc2c(O)n(Cc3ccccc3)c3ccccc23)cc1. The molecule has 5 aromatic rings. The molecule has 2 amide bonds. The average molecular weight is 578 g/mol. The number of fused-ring (bicyclic) bond motifs is 1. The van der Waals surface area contributed by atoms with Crippen LogP contribution in [-0.2, 0) is 11.3 Å². The zero-order valence-electron chi connectivity index (χ0n) is 23.0. The van der Waals surface area contributed by atoms with Crippen molar-refractivity contribution in [3.05, 3.63) is 131 Å². The van der Waals surface area contributed by atoms with Crippen molar-refractivity contribution in [1.29, 1.82) is 0 Å². The van der Waals surface area contributed by atoms with Crippen LogP contribution in [0.2, 0.25) is 5.02 Å². The standard InChI is InChI=1S/C33H28ClN5O3/c1-38(2)24-18-16-22(17-19-24)20-28(35-31(40)25-12-6-8-14-27(25)34)32(41)37-36-30-26-13-7-9-15-29(26)39(33(30)42)21-23-10-4-3-5-11-23/h3-20,42H,21H2,1-2H3,(H,35,40)/b28-20+,37-36?. The maximum atomic E-state index is 13.4. The van der Waals surface area contributed by atoms with Crippen LogP contribution in [-0.4, -0.2) is 35.6 Å². The highest BCUT2D eigenvalue weighted by Crippen LogP contribution is 2.39. The zero-order valence-corrected chi connectivity index (χ0v) is 23.8. The summed E-state index contributed by atoms with van der Waals surface area (Å²) in [6.45, 7) is 0.401. The lowest BCUT2D eigenvalue weighted by Crippen LogP contribution is -2.26. The van der Waals surface area contributed by atoms with E-state index in [1.54, 1.807) is 34.9 Å². The van der Waals surface area contributed by atoms with Gasteiger partial charge in [0.1, 0.15) is 5.70 Å². The van der Waals surface area contributed by atoms with Crippen LogP contribution in [0.1, 0.15) is 21.5 Å². The van der Waals surface area contributed by atoms with Gasteiger partial charge in [-0.05, 0) is 47.5 Å². The summed E-state index contributed by atoms with van der Waals surface area (Å²) < 4.78 is 1.71. The first-order chi connectivity index (χ1) is 20.3. The van der Waals surface area contributed by atoms with E-state index in [2.05, 4.69) is 15.5 Å². The predicted octanol–water partition coefficient (Wildman–Crippen LogP) is 7.20. The van der Waals surface area contributed by atoms with E-state index in [1.807, 2.05) is 91.8 Å². The lowest BCUT2D eigenvalue weighted by molar-refractivity contribution is -0.115. The van der Waals surface area contributed by atoms with Crippen molar-refractivity contribution in [3.63, 3.8) is 0 Å². The number of aromatic nitrogens is 1. The van der Waals surface area contributed by atoms with E-state index in [0.29, 0.717) is 17.5 Å². The Bertz CT molecular complexity index is 1810. The maximum Gasteiger partial charge on any atom is 0.311 e. The van der Waals surface area contributed by atoms with Gasteiger partial charge in [0.15, 0.2) is 5.69 Å². The Balaban J connectivity index is 1.50. The van der Waals surface area contributed by atoms with Gasteiger partial charge in [-0.2, -0.15) is 0 Å². The number of aromatic hydroxyl groups is 1. The summed E-state index contributed by atoms with van der Waals surface area (Å²) in [5.41, 5.74) is 3.63. The molecule has 2 N–H and O–H groups in total. The van der Waals surface area contributed by atoms with E-state index in [9.17, 15) is 14.7 Å². The quantitative estimate of drug-likeness (QED) is 0.150. The normalized spacial score (nSPS) is 11.6. The van der Waals surface area contributed by atoms with Gasteiger partial charge >= 0.3 is 5.91 Å². The van der Waals surface area contributed by atoms with E-state index in [0.717, 1.165) is 16.8 Å². The number of hydrogen-bond acceptors (Lipinski definition) is 5. The van der Waals surface area contributed by atoms with Crippen molar-refractivity contribution >= 4 is 51.8 Å². The Kier molecular flexibility index (Phi) is 8.45. The van der Waals surface area contributed by atoms with Gasteiger partial charge < -0.3 is 19.9 Å². The highest BCUT2D eigenvalue weighted by atomic mass is 35.5. The molecule has 1 aromatic heterocycles. The van der Waals surface area contributed by atoms with Crippen LogP contribution in [0.5, 0.6) is 5.88 Å². The van der Waals surface area contributed by atoms with Gasteiger partial charge in [0.25, 0.3) is 5.91 Å². The minimum atomic E-state index is -0.800. The molecule has 5 rings (SSSR count). The first-order valence-electron chi connectivity index (χ1n) is 13.2. The fraction of sp³-hybridized carbons (Fsp3) is 0.0909. The molecule has 0 saturated heterocycles. The van der Waals surface area contributed by atoms with Gasteiger partial charge in [-0.1, -0.05) is 84.4 Å². The van der Waals surface area contributed by atoms with Gasteiger partial charge in [-0.3, -0.25) is 9.59 Å². The monoisotopic (exact) mass is 577 g/mol. The topological polar surface area (TPSA) is 99.3 Å². The number of hydrogen-bond donors (Lipinski definition) is 2. The minimum Gasteiger partial charge on any atom is -0.493 e. The summed E-state index contributed by atoms with van der Waals surface area (Å²) >= 11 is 6.22. The van der Waals surface area contributed by atoms with Gasteiger partial charge in [0.05, 0.1) is 22.6 Å². The Labute approximate surface area is 248 Å². The van der Waals surface area contributed by atoms with Crippen molar-refractivity contribution in [2.75, 3.05) is 19.0 Å². The van der Waals surface area contributed by atoms with Crippen molar-refractivity contribution in [1.82, 2.24) is 9.88 Å². The molecular weight excluding hydrogens is 550 g/mol. The number of nitrogens with one attached hydrogen (secondary N) is 1. The molecule has 0 atom stereocenters. The van der Waals surface area contributed by atoms with Crippen LogP contribution >= 0.6 is 11.6 Å². The summed E-state index contributed by atoms with van der Waals surface area (Å²) in [6.07, 6.45) is 1.52. The largest absolute Gasteiger partial charge is 0.493 e. The predicted molar refractivity (Wildman–Crippen MR) is 166 cm³/mol. The number of amides is 2. The molecule has 8 nitrogen and oxygen atoms in total. The number of carbonyl (C=O) groups excluding carboxylic acids is 2. The molecule has 0 radical (unpaired) electrons. The van der Waals surface area contributed by atoms with E-state index >= 15 is 0 Å². The molecular formula is C33H28ClN5O3. The Morgan fingerprint density at radius 1 is 0.905 bits per heavy atom. The third kappa shape index (κ3) is 6.24. The lowest BCUT2D eigenvalue weighted by atomic mass is 10.1. The Hall–Kier alpha value is -5.21. The number of carbonyl (C=O) groups is 2. The Morgan fingerprint density at radius 2 is 1.57 bits per heavy atom. The third-order valence-corrected chi connectivity index (χ3v) is 6.99. The molecule has 0 bridgehead atoms. The first-order valence-corrected chi connectivity index (χ1v) is 13.5. The second kappa shape index (κ2) is 12.5. The fourth-order valence-electron chi connectivity index (χ4n) is 4.47. The second-order valence-electron chi connectivity index (χ2n) is 9.74. The van der Waals surface area contributed by atoms with Crippen molar-refractivity contribution in [2.24, 2.45) is 10.2 Å². The first kappa shape index (κ1) is 28.3. The van der Waals surface area contributed by atoms with Crippen LogP contribution in [0.4, 0.5) is 11.4 Å². The summed E-state index contributed by atoms with van der Waals surface area (Å²) in [5, 5.41) is 22.8. The zero-order chi connectivity index (χ0) is 29.6. The molecule has 1 heterocycles. The number of benzene rings is 4. The molecule has 9 heteroatoms. The summed E-state index contributed by atoms with van der Waals surface area (Å²) in [4.78, 5) is 28.5. The lowest BCUT2D eigenvalue weighted by Gasteiger charge is -2.12. The second-order valence-corrected chi connectivity index (χ2v) is 10.2. The number of rotatable bonds is 8. The van der Waals surface area contributed by atoms with Crippen LogP contribution in [0.3, 0.4) is 0 Å². The van der Waals surface area contributed by atoms with E-state index in [-0.39, 0.29) is 27.9 Å².